The molecule has 5 nitrogen and oxygen atoms in total. The Kier molecular flexibility index (Phi) is 3.63. The number of hydrogen-bond donors (Lipinski definition) is 1. The average Bonchev–Trinajstić information content (AvgIpc) is 2.74. The molecule has 3 rings (SSSR count). The monoisotopic (exact) mass is 274 g/mol. The van der Waals surface area contributed by atoms with E-state index in [4.69, 9.17) is 10.2 Å². The first-order chi connectivity index (χ1) is 9.63. The normalized spacial score (nSPS) is 22.2. The molecule has 0 amide bonds. The topological polar surface area (TPSA) is 58.5 Å². The summed E-state index contributed by atoms with van der Waals surface area (Å²) in [4.78, 5) is 9.36. The number of nitrogens with zero attached hydrogens (tertiary/aromatic N) is 3. The minimum absolute atomic E-state index is 0.509. The van der Waals surface area contributed by atoms with E-state index in [1.807, 2.05) is 18.2 Å². The first-order valence-electron chi connectivity index (χ1n) is 7.20. The Balaban J connectivity index is 1.80. The van der Waals surface area contributed by atoms with Crippen LogP contribution in [0, 0.1) is 0 Å². The zero-order valence-corrected chi connectivity index (χ0v) is 12.2. The first-order valence-corrected chi connectivity index (χ1v) is 7.20. The number of para-hydroxylation sites is 1. The number of likely N-dealkylation sites (N-methyl/N-ethyl adjacent to an activating group) is 1. The molecule has 5 heteroatoms. The van der Waals surface area contributed by atoms with E-state index < -0.39 is 0 Å². The highest BCUT2D eigenvalue weighted by Gasteiger charge is 2.21. The number of oxazole rings is 1. The molecule has 108 valence electrons. The summed E-state index contributed by atoms with van der Waals surface area (Å²) in [6.07, 6.45) is 1.18. The van der Waals surface area contributed by atoms with Crippen LogP contribution in [0.4, 0.5) is 5.69 Å². The summed E-state index contributed by atoms with van der Waals surface area (Å²) in [5, 5.41) is 0. The van der Waals surface area contributed by atoms with E-state index in [1.54, 1.807) is 0 Å². The largest absolute Gasteiger partial charge is 0.439 e. The molecular formula is C15H22N4O. The maximum Gasteiger partial charge on any atom is 0.209 e. The molecule has 1 saturated heterocycles. The van der Waals surface area contributed by atoms with Crippen molar-refractivity contribution in [1.29, 1.82) is 0 Å². The molecule has 1 fully saturated rings. The fraction of sp³-hybridized carbons (Fsp3) is 0.533. The number of nitrogen functional groups attached to an aromatic ring is 1. The number of aromatic nitrogens is 1. The van der Waals surface area contributed by atoms with Gasteiger partial charge in [-0.05, 0) is 39.1 Å². The summed E-state index contributed by atoms with van der Waals surface area (Å²) in [6.45, 7) is 6.34. The second-order valence-electron chi connectivity index (χ2n) is 5.74. The number of anilines is 1. The lowest BCUT2D eigenvalue weighted by Gasteiger charge is -2.26. The van der Waals surface area contributed by atoms with Gasteiger partial charge in [0.25, 0.3) is 0 Å². The Bertz CT molecular complexity index is 595. The van der Waals surface area contributed by atoms with Gasteiger partial charge in [0.15, 0.2) is 5.58 Å². The summed E-state index contributed by atoms with van der Waals surface area (Å²) in [6, 6.07) is 6.19. The number of rotatable bonds is 2. The van der Waals surface area contributed by atoms with Gasteiger partial charge in [-0.1, -0.05) is 6.07 Å². The van der Waals surface area contributed by atoms with Gasteiger partial charge in [-0.3, -0.25) is 4.90 Å². The third-order valence-corrected chi connectivity index (χ3v) is 4.02. The van der Waals surface area contributed by atoms with Crippen molar-refractivity contribution in [2.24, 2.45) is 0 Å². The van der Waals surface area contributed by atoms with E-state index in [0.717, 1.165) is 43.2 Å². The lowest BCUT2D eigenvalue weighted by Crippen LogP contribution is -2.37. The smallest absolute Gasteiger partial charge is 0.209 e. The van der Waals surface area contributed by atoms with E-state index in [0.29, 0.717) is 11.7 Å². The third kappa shape index (κ3) is 2.64. The van der Waals surface area contributed by atoms with Crippen molar-refractivity contribution >= 4 is 16.8 Å². The highest BCUT2D eigenvalue weighted by molar-refractivity contribution is 5.85. The van der Waals surface area contributed by atoms with Crippen LogP contribution in [0.15, 0.2) is 22.6 Å². The SMILES string of the molecule is CC1CN(C)CCCN1Cc1nc2c(N)cccc2o1. The molecule has 2 heterocycles. The molecule has 20 heavy (non-hydrogen) atoms. The molecule has 0 saturated carbocycles. The van der Waals surface area contributed by atoms with E-state index in [9.17, 15) is 0 Å². The second-order valence-corrected chi connectivity index (χ2v) is 5.74. The molecule has 1 aliphatic heterocycles. The Hall–Kier alpha value is -1.59. The molecule has 0 spiro atoms. The Labute approximate surface area is 119 Å². The minimum atomic E-state index is 0.509. The molecular weight excluding hydrogens is 252 g/mol. The van der Waals surface area contributed by atoms with Crippen LogP contribution in [0.1, 0.15) is 19.2 Å². The quantitative estimate of drug-likeness (QED) is 0.848. The molecule has 0 radical (unpaired) electrons. The molecule has 0 bridgehead atoms. The highest BCUT2D eigenvalue weighted by Crippen LogP contribution is 2.22. The number of hydrogen-bond acceptors (Lipinski definition) is 5. The molecule has 0 aliphatic carbocycles. The number of fused-ring (bicyclic) bond motifs is 1. The fourth-order valence-electron chi connectivity index (χ4n) is 2.91. The zero-order chi connectivity index (χ0) is 14.1. The van der Waals surface area contributed by atoms with Crippen LogP contribution in [-0.2, 0) is 6.54 Å². The van der Waals surface area contributed by atoms with Crippen molar-refractivity contribution < 1.29 is 4.42 Å². The van der Waals surface area contributed by atoms with Crippen molar-refractivity contribution in [3.63, 3.8) is 0 Å². The molecule has 2 N–H and O–H groups in total. The van der Waals surface area contributed by atoms with Crippen molar-refractivity contribution in [1.82, 2.24) is 14.8 Å². The number of nitrogens with two attached hydrogens (primary N) is 1. The van der Waals surface area contributed by atoms with Gasteiger partial charge >= 0.3 is 0 Å². The van der Waals surface area contributed by atoms with Crippen LogP contribution in [0.3, 0.4) is 0 Å². The third-order valence-electron chi connectivity index (χ3n) is 4.02. The van der Waals surface area contributed by atoms with Gasteiger partial charge < -0.3 is 15.1 Å². The summed E-state index contributed by atoms with van der Waals surface area (Å²) in [5.41, 5.74) is 8.17. The average molecular weight is 274 g/mol. The lowest BCUT2D eigenvalue weighted by atomic mass is 10.2. The van der Waals surface area contributed by atoms with Crippen LogP contribution in [0.25, 0.3) is 11.1 Å². The van der Waals surface area contributed by atoms with Crippen molar-refractivity contribution in [3.8, 4) is 0 Å². The predicted octanol–water partition coefficient (Wildman–Crippen LogP) is 1.94. The molecule has 1 atom stereocenters. The summed E-state index contributed by atoms with van der Waals surface area (Å²) >= 11 is 0. The van der Waals surface area contributed by atoms with Crippen LogP contribution in [0.2, 0.25) is 0 Å². The van der Waals surface area contributed by atoms with E-state index >= 15 is 0 Å². The van der Waals surface area contributed by atoms with Crippen molar-refractivity contribution in [2.45, 2.75) is 25.9 Å². The van der Waals surface area contributed by atoms with Gasteiger partial charge in [0, 0.05) is 19.1 Å². The molecule has 1 aromatic carbocycles. The maximum atomic E-state index is 5.93. The van der Waals surface area contributed by atoms with Gasteiger partial charge in [0.05, 0.1) is 12.2 Å². The van der Waals surface area contributed by atoms with Crippen LogP contribution in [0.5, 0.6) is 0 Å². The first kappa shape index (κ1) is 13.4. The van der Waals surface area contributed by atoms with Crippen LogP contribution < -0.4 is 5.73 Å². The summed E-state index contributed by atoms with van der Waals surface area (Å²) < 4.78 is 5.82. The lowest BCUT2D eigenvalue weighted by molar-refractivity contribution is 0.180. The van der Waals surface area contributed by atoms with Gasteiger partial charge in [-0.15, -0.1) is 0 Å². The molecule has 2 aromatic rings. The summed E-state index contributed by atoms with van der Waals surface area (Å²) in [7, 11) is 2.18. The molecule has 1 aliphatic rings. The van der Waals surface area contributed by atoms with Gasteiger partial charge in [-0.2, -0.15) is 0 Å². The standard InChI is InChI=1S/C15H22N4O/c1-11-9-18(2)7-4-8-19(11)10-14-17-15-12(16)5-3-6-13(15)20-14/h3,5-6,11H,4,7-10,16H2,1-2H3. The van der Waals surface area contributed by atoms with Gasteiger partial charge in [0.2, 0.25) is 5.89 Å². The summed E-state index contributed by atoms with van der Waals surface area (Å²) in [5.74, 6) is 0.759. The highest BCUT2D eigenvalue weighted by atomic mass is 16.3. The zero-order valence-electron chi connectivity index (χ0n) is 12.2. The van der Waals surface area contributed by atoms with Crippen molar-refractivity contribution in [3.05, 3.63) is 24.1 Å². The van der Waals surface area contributed by atoms with E-state index in [1.165, 1.54) is 6.42 Å². The fourth-order valence-corrected chi connectivity index (χ4v) is 2.91. The van der Waals surface area contributed by atoms with Crippen molar-refractivity contribution in [2.75, 3.05) is 32.4 Å². The predicted molar refractivity (Wildman–Crippen MR) is 80.4 cm³/mol. The van der Waals surface area contributed by atoms with Crippen LogP contribution in [-0.4, -0.2) is 47.5 Å². The molecule has 1 unspecified atom stereocenters. The maximum absolute atomic E-state index is 5.93. The van der Waals surface area contributed by atoms with E-state index in [-0.39, 0.29) is 0 Å². The van der Waals surface area contributed by atoms with Gasteiger partial charge in [-0.25, -0.2) is 4.98 Å². The van der Waals surface area contributed by atoms with Crippen LogP contribution >= 0.6 is 0 Å². The van der Waals surface area contributed by atoms with E-state index in [2.05, 4.69) is 28.8 Å². The molecule has 1 aromatic heterocycles. The second kappa shape index (κ2) is 5.42. The Morgan fingerprint density at radius 3 is 3.05 bits per heavy atom. The Morgan fingerprint density at radius 2 is 2.25 bits per heavy atom. The minimum Gasteiger partial charge on any atom is -0.439 e. The Morgan fingerprint density at radius 1 is 1.40 bits per heavy atom. The number of benzene rings is 1. The van der Waals surface area contributed by atoms with Gasteiger partial charge in [0.1, 0.15) is 5.52 Å².